The first-order chi connectivity index (χ1) is 13.2. The topological polar surface area (TPSA) is 43.9 Å². The number of amides is 2. The number of rotatable bonds is 5. The quantitative estimate of drug-likeness (QED) is 0.746. The third kappa shape index (κ3) is 3.86. The zero-order chi connectivity index (χ0) is 18.8. The monoisotopic (exact) mass is 365 g/mol. The van der Waals surface area contributed by atoms with Crippen molar-refractivity contribution in [2.24, 2.45) is 5.92 Å². The Bertz CT molecular complexity index is 757. The first-order valence-corrected chi connectivity index (χ1v) is 9.99. The predicted octanol–water partition coefficient (Wildman–Crippen LogP) is 1.69. The van der Waals surface area contributed by atoms with Gasteiger partial charge < -0.3 is 9.80 Å². The summed E-state index contributed by atoms with van der Waals surface area (Å²) in [5, 5.41) is 0. The summed E-state index contributed by atoms with van der Waals surface area (Å²) in [5.74, 6) is 3.37. The van der Waals surface area contributed by atoms with Gasteiger partial charge in [-0.3, -0.25) is 14.5 Å². The molecule has 2 aliphatic carbocycles. The van der Waals surface area contributed by atoms with Gasteiger partial charge in [0.15, 0.2) is 0 Å². The van der Waals surface area contributed by atoms with Crippen LogP contribution in [0.25, 0.3) is 0 Å². The highest BCUT2D eigenvalue weighted by molar-refractivity contribution is 5.82. The van der Waals surface area contributed by atoms with Crippen molar-refractivity contribution in [3.63, 3.8) is 0 Å². The van der Waals surface area contributed by atoms with Crippen LogP contribution in [0.5, 0.6) is 0 Å². The maximum atomic E-state index is 12.9. The molecule has 1 aromatic carbocycles. The summed E-state index contributed by atoms with van der Waals surface area (Å²) in [4.78, 5) is 31.0. The number of benzene rings is 1. The van der Waals surface area contributed by atoms with Crippen LogP contribution >= 0.6 is 0 Å². The van der Waals surface area contributed by atoms with E-state index in [-0.39, 0.29) is 23.8 Å². The fourth-order valence-electron chi connectivity index (χ4n) is 4.35. The van der Waals surface area contributed by atoms with Crippen LogP contribution in [0.1, 0.15) is 36.4 Å². The Balaban J connectivity index is 1.36. The van der Waals surface area contributed by atoms with E-state index in [1.807, 2.05) is 9.80 Å². The number of carbonyl (C=O) groups is 2. The molecule has 0 radical (unpaired) electrons. The molecule has 0 N–H and O–H groups in total. The van der Waals surface area contributed by atoms with Crippen molar-refractivity contribution in [3.8, 4) is 12.3 Å². The first kappa shape index (κ1) is 18.1. The summed E-state index contributed by atoms with van der Waals surface area (Å²) in [6.07, 6.45) is 9.71. The van der Waals surface area contributed by atoms with Crippen molar-refractivity contribution in [1.29, 1.82) is 0 Å². The van der Waals surface area contributed by atoms with Crippen molar-refractivity contribution in [2.45, 2.75) is 31.7 Å². The number of terminal acetylenes is 1. The van der Waals surface area contributed by atoms with Gasteiger partial charge in [-0.1, -0.05) is 30.2 Å². The highest BCUT2D eigenvalue weighted by atomic mass is 16.2. The van der Waals surface area contributed by atoms with Crippen molar-refractivity contribution in [2.75, 3.05) is 39.3 Å². The zero-order valence-electron chi connectivity index (χ0n) is 15.8. The number of hydrogen-bond acceptors (Lipinski definition) is 3. The molecule has 1 saturated carbocycles. The third-order valence-corrected chi connectivity index (χ3v) is 6.05. The highest BCUT2D eigenvalue weighted by Gasteiger charge is 2.36. The fraction of sp³-hybridized carbons (Fsp3) is 0.545. The Hall–Kier alpha value is -2.32. The smallest absolute Gasteiger partial charge is 0.236 e. The van der Waals surface area contributed by atoms with Gasteiger partial charge in [-0.25, -0.2) is 0 Å². The standard InChI is InChI=1S/C22H27N3O2/c1-2-11-25(20-10-9-17-5-3-4-6-19(17)20)16-21(26)23-12-14-24(15-13-23)22(27)18-7-8-18/h1,3-6,18,20H,7-16H2/t20-/m1/s1. The summed E-state index contributed by atoms with van der Waals surface area (Å²) < 4.78 is 0. The third-order valence-electron chi connectivity index (χ3n) is 6.05. The van der Waals surface area contributed by atoms with Crippen LogP contribution in [0.4, 0.5) is 0 Å². The van der Waals surface area contributed by atoms with E-state index in [1.54, 1.807) is 0 Å². The van der Waals surface area contributed by atoms with Gasteiger partial charge in [0.2, 0.25) is 11.8 Å². The number of carbonyl (C=O) groups excluding carboxylic acids is 2. The molecule has 4 rings (SSSR count). The summed E-state index contributed by atoms with van der Waals surface area (Å²) in [7, 11) is 0. The van der Waals surface area contributed by atoms with Gasteiger partial charge in [0, 0.05) is 38.1 Å². The Labute approximate surface area is 161 Å². The maximum Gasteiger partial charge on any atom is 0.236 e. The minimum absolute atomic E-state index is 0.119. The molecule has 0 unspecified atom stereocenters. The van der Waals surface area contributed by atoms with Gasteiger partial charge in [-0.15, -0.1) is 6.42 Å². The van der Waals surface area contributed by atoms with Crippen LogP contribution in [-0.2, 0) is 16.0 Å². The molecule has 1 heterocycles. The van der Waals surface area contributed by atoms with Crippen LogP contribution < -0.4 is 0 Å². The average Bonchev–Trinajstić information content (AvgIpc) is 3.46. The molecule has 1 aliphatic heterocycles. The largest absolute Gasteiger partial charge is 0.339 e. The van der Waals surface area contributed by atoms with Crippen molar-refractivity contribution in [1.82, 2.24) is 14.7 Å². The van der Waals surface area contributed by atoms with Crippen LogP contribution in [0.15, 0.2) is 24.3 Å². The van der Waals surface area contributed by atoms with Gasteiger partial charge in [0.25, 0.3) is 0 Å². The number of fused-ring (bicyclic) bond motifs is 1. The lowest BCUT2D eigenvalue weighted by Gasteiger charge is -2.36. The molecule has 0 spiro atoms. The van der Waals surface area contributed by atoms with Crippen LogP contribution in [-0.4, -0.2) is 65.8 Å². The van der Waals surface area contributed by atoms with Gasteiger partial charge >= 0.3 is 0 Å². The summed E-state index contributed by atoms with van der Waals surface area (Å²) >= 11 is 0. The maximum absolute atomic E-state index is 12.9. The molecule has 1 atom stereocenters. The van der Waals surface area contributed by atoms with Crippen LogP contribution in [0.3, 0.4) is 0 Å². The second-order valence-electron chi connectivity index (χ2n) is 7.84. The molecular formula is C22H27N3O2. The van der Waals surface area contributed by atoms with Crippen LogP contribution in [0.2, 0.25) is 0 Å². The van der Waals surface area contributed by atoms with Crippen LogP contribution in [0, 0.1) is 18.3 Å². The minimum Gasteiger partial charge on any atom is -0.339 e. The predicted molar refractivity (Wildman–Crippen MR) is 104 cm³/mol. The molecule has 2 fully saturated rings. The molecule has 1 saturated heterocycles. The lowest BCUT2D eigenvalue weighted by Crippen LogP contribution is -2.53. The van der Waals surface area contributed by atoms with E-state index < -0.39 is 0 Å². The SMILES string of the molecule is C#CCN(CC(=O)N1CCN(C(=O)C2CC2)CC1)[C@@H]1CCc2ccccc21. The van der Waals surface area contributed by atoms with Crippen molar-refractivity contribution < 1.29 is 9.59 Å². The van der Waals surface area contributed by atoms with Gasteiger partial charge in [-0.2, -0.15) is 0 Å². The molecule has 0 bridgehead atoms. The zero-order valence-corrected chi connectivity index (χ0v) is 15.8. The summed E-state index contributed by atoms with van der Waals surface area (Å²) in [5.41, 5.74) is 2.67. The molecule has 1 aromatic rings. The summed E-state index contributed by atoms with van der Waals surface area (Å²) in [6.45, 7) is 3.39. The molecule has 142 valence electrons. The first-order valence-electron chi connectivity index (χ1n) is 9.99. The molecular weight excluding hydrogens is 338 g/mol. The Kier molecular flexibility index (Phi) is 5.18. The number of piperazine rings is 1. The minimum atomic E-state index is 0.119. The molecule has 3 aliphatic rings. The fourth-order valence-corrected chi connectivity index (χ4v) is 4.35. The van der Waals surface area contributed by atoms with E-state index in [0.717, 1.165) is 25.7 Å². The molecule has 0 aromatic heterocycles. The summed E-state index contributed by atoms with van der Waals surface area (Å²) in [6, 6.07) is 8.67. The van der Waals surface area contributed by atoms with Gasteiger partial charge in [0.1, 0.15) is 0 Å². The van der Waals surface area contributed by atoms with E-state index >= 15 is 0 Å². The van der Waals surface area contributed by atoms with Gasteiger partial charge in [-0.05, 0) is 36.8 Å². The lowest BCUT2D eigenvalue weighted by molar-refractivity contribution is -0.141. The Morgan fingerprint density at radius 3 is 2.48 bits per heavy atom. The van der Waals surface area contributed by atoms with Gasteiger partial charge in [0.05, 0.1) is 13.1 Å². The molecule has 5 nitrogen and oxygen atoms in total. The average molecular weight is 365 g/mol. The van der Waals surface area contributed by atoms with Crippen molar-refractivity contribution in [3.05, 3.63) is 35.4 Å². The number of hydrogen-bond donors (Lipinski definition) is 0. The number of nitrogens with zero attached hydrogens (tertiary/aromatic N) is 3. The second kappa shape index (κ2) is 7.74. The van der Waals surface area contributed by atoms with E-state index in [0.29, 0.717) is 39.3 Å². The Morgan fingerprint density at radius 2 is 1.78 bits per heavy atom. The highest BCUT2D eigenvalue weighted by Crippen LogP contribution is 2.35. The van der Waals surface area contributed by atoms with Crippen molar-refractivity contribution >= 4 is 11.8 Å². The number of aryl methyl sites for hydroxylation is 1. The lowest BCUT2D eigenvalue weighted by atomic mass is 10.1. The molecule has 27 heavy (non-hydrogen) atoms. The molecule has 2 amide bonds. The Morgan fingerprint density at radius 1 is 1.07 bits per heavy atom. The van der Waals surface area contributed by atoms with E-state index in [4.69, 9.17) is 6.42 Å². The molecule has 5 heteroatoms. The van der Waals surface area contributed by atoms with E-state index in [1.165, 1.54) is 11.1 Å². The second-order valence-corrected chi connectivity index (χ2v) is 7.84. The van der Waals surface area contributed by atoms with E-state index in [9.17, 15) is 9.59 Å². The van der Waals surface area contributed by atoms with E-state index in [2.05, 4.69) is 35.1 Å². The normalized spacial score (nSPS) is 21.9.